The van der Waals surface area contributed by atoms with E-state index in [9.17, 15) is 32.8 Å². The number of likely N-dealkylation sites (N-methyl/N-ethyl adjacent to an activating group) is 1. The van der Waals surface area contributed by atoms with Gasteiger partial charge in [-0.05, 0) is 67.8 Å². The smallest absolute Gasteiger partial charge is 0.334 e. The van der Waals surface area contributed by atoms with Gasteiger partial charge in [0.15, 0.2) is 0 Å². The quantitative estimate of drug-likeness (QED) is 0.194. The molecule has 14 heteroatoms. The van der Waals surface area contributed by atoms with Crippen LogP contribution in [0.15, 0.2) is 9.81 Å². The summed E-state index contributed by atoms with van der Waals surface area (Å²) in [5, 5.41) is 0. The molecular weight excluding hydrogens is 626 g/mol. The van der Waals surface area contributed by atoms with Crippen molar-refractivity contribution in [2.45, 2.75) is 89.1 Å². The zero-order chi connectivity index (χ0) is 32.3. The molecule has 3 saturated heterocycles. The Bertz CT molecular complexity index is 1300. The zero-order valence-electron chi connectivity index (χ0n) is 26.1. The second-order valence-electron chi connectivity index (χ2n) is 13.6. The minimum atomic E-state index is -2.82. The normalized spacial score (nSPS) is 33.6. The van der Waals surface area contributed by atoms with Crippen LogP contribution >= 0.6 is 23.5 Å². The lowest BCUT2D eigenvalue weighted by molar-refractivity contribution is -0.153. The number of alkyl halides is 2. The molecule has 6 fully saturated rings. The topological polar surface area (TPSA) is 108 Å². The van der Waals surface area contributed by atoms with Crippen LogP contribution in [0.5, 0.6) is 0 Å². The van der Waals surface area contributed by atoms with Gasteiger partial charge in [0.05, 0.1) is 17.5 Å². The van der Waals surface area contributed by atoms with Gasteiger partial charge in [0.25, 0.3) is 17.7 Å². The number of hydrogen-bond acceptors (Lipinski definition) is 8. The summed E-state index contributed by atoms with van der Waals surface area (Å²) in [4.78, 5) is 73.3. The third kappa shape index (κ3) is 5.60. The number of carbonyl (C=O) groups excluding carboxylic acids is 5. The lowest BCUT2D eigenvalue weighted by atomic mass is 9.51. The SMILES string of the molecule is CCSC(SCC)=C1C(=O)N(CC2CCC(F)(F)C2)C(=O)N(C2CCC3(CC2)CC2(C3)C(=O)N(C)C(=O)N2CC2COC2)C1=O. The van der Waals surface area contributed by atoms with Crippen molar-refractivity contribution in [2.24, 2.45) is 17.3 Å². The first-order valence-corrected chi connectivity index (χ1v) is 18.1. The highest BCUT2D eigenvalue weighted by atomic mass is 32.2. The molecule has 6 rings (SSSR count). The summed E-state index contributed by atoms with van der Waals surface area (Å²) in [7, 11) is 1.53. The van der Waals surface area contributed by atoms with Crippen molar-refractivity contribution in [1.82, 2.24) is 19.6 Å². The molecule has 3 aliphatic carbocycles. The van der Waals surface area contributed by atoms with Gasteiger partial charge in [0.1, 0.15) is 11.1 Å². The average Bonchev–Trinajstić information content (AvgIpc) is 3.38. The number of rotatable bonds is 9. The van der Waals surface area contributed by atoms with Gasteiger partial charge in [-0.2, -0.15) is 0 Å². The number of halogens is 2. The van der Waals surface area contributed by atoms with E-state index in [-0.39, 0.29) is 54.7 Å². The fraction of sp³-hybridized carbons (Fsp3) is 0.774. The predicted octanol–water partition coefficient (Wildman–Crippen LogP) is 4.93. The highest BCUT2D eigenvalue weighted by molar-refractivity contribution is 8.22. The first-order chi connectivity index (χ1) is 21.3. The summed E-state index contributed by atoms with van der Waals surface area (Å²) >= 11 is 2.77. The van der Waals surface area contributed by atoms with Crippen molar-refractivity contribution in [3.8, 4) is 0 Å². The van der Waals surface area contributed by atoms with Crippen LogP contribution in [0.3, 0.4) is 0 Å². The molecule has 0 aromatic rings. The molecule has 248 valence electrons. The molecule has 7 amide bonds. The Labute approximate surface area is 271 Å². The van der Waals surface area contributed by atoms with Gasteiger partial charge in [-0.25, -0.2) is 18.4 Å². The van der Waals surface area contributed by atoms with Crippen LogP contribution < -0.4 is 0 Å². The van der Waals surface area contributed by atoms with Crippen LogP contribution in [0.25, 0.3) is 0 Å². The van der Waals surface area contributed by atoms with Gasteiger partial charge in [-0.15, -0.1) is 23.5 Å². The Kier molecular flexibility index (Phi) is 8.81. The van der Waals surface area contributed by atoms with Crippen molar-refractivity contribution < 1.29 is 37.5 Å². The molecule has 45 heavy (non-hydrogen) atoms. The Hall–Kier alpha value is -2.19. The van der Waals surface area contributed by atoms with Gasteiger partial charge in [-0.1, -0.05) is 13.8 Å². The van der Waals surface area contributed by atoms with Gasteiger partial charge in [0, 0.05) is 44.9 Å². The maximum atomic E-state index is 14.1. The number of nitrogens with zero attached hydrogens (tertiary/aromatic N) is 4. The standard InChI is InChI=1S/C31H42F2N4O6S2/c1-4-44-25(45-5-2)22-23(38)35(13-19-6-11-31(32,33)12-19)28(42)37(24(22)39)21-7-9-29(10-8-21)17-30(18-29)26(40)34(3)27(41)36(30)14-20-15-43-16-20/h19-21H,4-18H2,1-3H3. The Balaban J connectivity index is 1.21. The summed E-state index contributed by atoms with van der Waals surface area (Å²) < 4.78 is 34.0. The molecule has 10 nitrogen and oxygen atoms in total. The largest absolute Gasteiger partial charge is 0.381 e. The number of thioether (sulfide) groups is 2. The highest BCUT2D eigenvalue weighted by Crippen LogP contribution is 2.61. The van der Waals surface area contributed by atoms with Crippen molar-refractivity contribution in [3.05, 3.63) is 9.81 Å². The van der Waals surface area contributed by atoms with Crippen LogP contribution in [0, 0.1) is 17.3 Å². The summed E-state index contributed by atoms with van der Waals surface area (Å²) in [6, 6.07) is -1.44. The number of amides is 7. The van der Waals surface area contributed by atoms with Gasteiger partial charge in [0.2, 0.25) is 5.92 Å². The van der Waals surface area contributed by atoms with E-state index in [1.807, 2.05) is 13.8 Å². The van der Waals surface area contributed by atoms with E-state index in [4.69, 9.17) is 4.74 Å². The summed E-state index contributed by atoms with van der Waals surface area (Å²) in [5.74, 6) is -3.32. The molecule has 3 aliphatic heterocycles. The summed E-state index contributed by atoms with van der Waals surface area (Å²) in [6.45, 7) is 5.37. The number of ether oxygens (including phenoxy) is 1. The number of carbonyl (C=O) groups is 5. The van der Waals surface area contributed by atoms with Gasteiger partial charge in [-0.3, -0.25) is 29.1 Å². The van der Waals surface area contributed by atoms with E-state index >= 15 is 0 Å². The van der Waals surface area contributed by atoms with Crippen molar-refractivity contribution >= 4 is 53.3 Å². The predicted molar refractivity (Wildman–Crippen MR) is 165 cm³/mol. The van der Waals surface area contributed by atoms with E-state index in [1.54, 1.807) is 4.90 Å². The number of barbiturate groups is 1. The van der Waals surface area contributed by atoms with Crippen LogP contribution in [0.2, 0.25) is 0 Å². The monoisotopic (exact) mass is 668 g/mol. The third-order valence-electron chi connectivity index (χ3n) is 10.6. The molecule has 3 saturated carbocycles. The molecule has 2 spiro atoms. The molecule has 6 aliphatic rings. The molecule has 0 aromatic heterocycles. The molecule has 1 atom stereocenters. The van der Waals surface area contributed by atoms with Crippen LogP contribution in [-0.2, 0) is 19.1 Å². The van der Waals surface area contributed by atoms with Crippen LogP contribution in [0.4, 0.5) is 18.4 Å². The maximum absolute atomic E-state index is 14.1. The molecule has 0 aromatic carbocycles. The molecule has 0 radical (unpaired) electrons. The fourth-order valence-corrected chi connectivity index (χ4v) is 10.6. The highest BCUT2D eigenvalue weighted by Gasteiger charge is 2.68. The van der Waals surface area contributed by atoms with E-state index in [2.05, 4.69) is 0 Å². The first kappa shape index (κ1) is 32.7. The molecule has 3 heterocycles. The van der Waals surface area contributed by atoms with Crippen LogP contribution in [0.1, 0.15) is 71.6 Å². The lowest BCUT2D eigenvalue weighted by Crippen LogP contribution is -2.66. The number of hydrogen-bond donors (Lipinski definition) is 0. The van der Waals surface area contributed by atoms with E-state index in [0.717, 1.165) is 4.90 Å². The number of urea groups is 2. The molecule has 0 N–H and O–H groups in total. The number of imide groups is 3. The van der Waals surface area contributed by atoms with Gasteiger partial charge < -0.3 is 9.64 Å². The summed E-state index contributed by atoms with van der Waals surface area (Å²) in [6.07, 6.45) is 3.02. The van der Waals surface area contributed by atoms with Crippen molar-refractivity contribution in [2.75, 3.05) is 44.9 Å². The Morgan fingerprint density at radius 2 is 1.51 bits per heavy atom. The Morgan fingerprint density at radius 3 is 2.04 bits per heavy atom. The van der Waals surface area contributed by atoms with Crippen molar-refractivity contribution in [3.63, 3.8) is 0 Å². The molecule has 1 unspecified atom stereocenters. The maximum Gasteiger partial charge on any atom is 0.334 e. The Morgan fingerprint density at radius 1 is 0.867 bits per heavy atom. The lowest BCUT2D eigenvalue weighted by Gasteiger charge is -2.59. The second-order valence-corrected chi connectivity index (χ2v) is 16.5. The van der Waals surface area contributed by atoms with Gasteiger partial charge >= 0.3 is 12.1 Å². The first-order valence-electron chi connectivity index (χ1n) is 16.1. The zero-order valence-corrected chi connectivity index (χ0v) is 27.8. The van der Waals surface area contributed by atoms with E-state index in [0.29, 0.717) is 74.0 Å². The minimum Gasteiger partial charge on any atom is -0.381 e. The van der Waals surface area contributed by atoms with Crippen molar-refractivity contribution in [1.29, 1.82) is 0 Å². The van der Waals surface area contributed by atoms with E-state index in [1.165, 1.54) is 40.4 Å². The third-order valence-corrected chi connectivity index (χ3v) is 12.8. The molecule has 0 bridgehead atoms. The minimum absolute atomic E-state index is 0.0327. The summed E-state index contributed by atoms with van der Waals surface area (Å²) in [5.41, 5.74) is -1.06. The van der Waals surface area contributed by atoms with Crippen LogP contribution in [-0.4, -0.2) is 112 Å². The fourth-order valence-electron chi connectivity index (χ4n) is 8.35. The average molecular weight is 669 g/mol. The van der Waals surface area contributed by atoms with E-state index < -0.39 is 41.3 Å². The second kappa shape index (κ2) is 12.1. The molecular formula is C31H42F2N4O6S2.